The van der Waals surface area contributed by atoms with E-state index in [2.05, 4.69) is 15.4 Å². The van der Waals surface area contributed by atoms with Crippen molar-refractivity contribution < 1.29 is 23.1 Å². The quantitative estimate of drug-likeness (QED) is 0.649. The van der Waals surface area contributed by atoms with Gasteiger partial charge in [0.05, 0.1) is 11.9 Å². The predicted molar refractivity (Wildman–Crippen MR) is 91.0 cm³/mol. The normalized spacial score (nSPS) is 14.5. The van der Waals surface area contributed by atoms with Crippen molar-refractivity contribution in [1.29, 1.82) is 0 Å². The molecule has 2 aromatic heterocycles. The number of halogens is 4. The van der Waals surface area contributed by atoms with Crippen molar-refractivity contribution in [2.45, 2.75) is 24.9 Å². The number of aromatic hydroxyl groups is 1. The Morgan fingerprint density at radius 1 is 1.30 bits per heavy atom. The molecule has 10 heteroatoms. The Balaban J connectivity index is 1.79. The van der Waals surface area contributed by atoms with Gasteiger partial charge in [0.2, 0.25) is 0 Å². The molecule has 0 spiro atoms. The van der Waals surface area contributed by atoms with Crippen LogP contribution in [-0.2, 0) is 6.18 Å². The molecule has 0 aliphatic heterocycles. The van der Waals surface area contributed by atoms with Crippen LogP contribution in [0, 0.1) is 0 Å². The van der Waals surface area contributed by atoms with E-state index in [0.717, 1.165) is 25.1 Å². The molecule has 0 unspecified atom stereocenters. The van der Waals surface area contributed by atoms with Gasteiger partial charge < -0.3 is 10.4 Å². The second-order valence-electron chi connectivity index (χ2n) is 6.25. The number of aromatic nitrogens is 3. The van der Waals surface area contributed by atoms with Crippen LogP contribution in [0.3, 0.4) is 0 Å². The number of hydrogen-bond acceptors (Lipinski definition) is 4. The van der Waals surface area contributed by atoms with Crippen LogP contribution in [0.25, 0.3) is 5.65 Å². The maximum absolute atomic E-state index is 13.4. The third-order valence-electron chi connectivity index (χ3n) is 4.23. The van der Waals surface area contributed by atoms with Crippen molar-refractivity contribution in [3.63, 3.8) is 0 Å². The number of benzene rings is 1. The first-order chi connectivity index (χ1) is 12.7. The van der Waals surface area contributed by atoms with Crippen LogP contribution in [0.1, 0.15) is 40.5 Å². The topological polar surface area (TPSA) is 79.5 Å². The van der Waals surface area contributed by atoms with Gasteiger partial charge in [-0.25, -0.2) is 9.50 Å². The summed E-state index contributed by atoms with van der Waals surface area (Å²) in [5.41, 5.74) is -0.997. The summed E-state index contributed by atoms with van der Waals surface area (Å²) in [6.45, 7) is 0. The van der Waals surface area contributed by atoms with Crippen molar-refractivity contribution in [2.24, 2.45) is 0 Å². The molecular weight excluding hydrogens is 385 g/mol. The molecule has 1 amide bonds. The van der Waals surface area contributed by atoms with Crippen molar-refractivity contribution >= 4 is 28.8 Å². The Morgan fingerprint density at radius 3 is 2.70 bits per heavy atom. The van der Waals surface area contributed by atoms with Gasteiger partial charge in [0.25, 0.3) is 5.91 Å². The average molecular weight is 397 g/mol. The van der Waals surface area contributed by atoms with E-state index in [9.17, 15) is 23.1 Å². The molecule has 1 saturated carbocycles. The first-order valence-electron chi connectivity index (χ1n) is 8.00. The highest BCUT2D eigenvalue weighted by atomic mass is 35.5. The maximum atomic E-state index is 13.4. The monoisotopic (exact) mass is 396 g/mol. The largest absolute Gasteiger partial charge is 0.506 e. The lowest BCUT2D eigenvalue weighted by atomic mass is 10.2. The molecule has 27 heavy (non-hydrogen) atoms. The van der Waals surface area contributed by atoms with Crippen LogP contribution >= 0.6 is 11.6 Å². The van der Waals surface area contributed by atoms with Gasteiger partial charge in [-0.1, -0.05) is 11.6 Å². The standard InChI is InChI=1S/C17H12ClF3N4O2/c18-9-3-4-13(26)12(5-9)24-16(27)10-7-22-25-14(17(19,20)21)6-11(8-1-2-8)23-15(10)25/h3-8,26H,1-2H2,(H,24,27). The molecule has 140 valence electrons. The number of nitrogens with zero attached hydrogens (tertiary/aromatic N) is 3. The summed E-state index contributed by atoms with van der Waals surface area (Å²) in [5, 5.41) is 16.2. The van der Waals surface area contributed by atoms with Crippen LogP contribution < -0.4 is 5.32 Å². The molecule has 4 rings (SSSR count). The third kappa shape index (κ3) is 3.30. The summed E-state index contributed by atoms with van der Waals surface area (Å²) < 4.78 is 40.8. The number of hydrogen-bond donors (Lipinski definition) is 2. The molecule has 0 saturated heterocycles. The Bertz CT molecular complexity index is 1060. The fraction of sp³-hybridized carbons (Fsp3) is 0.235. The molecule has 1 aliphatic carbocycles. The van der Waals surface area contributed by atoms with Crippen LogP contribution in [-0.4, -0.2) is 25.6 Å². The highest BCUT2D eigenvalue weighted by Gasteiger charge is 2.38. The number of fused-ring (bicyclic) bond motifs is 1. The third-order valence-corrected chi connectivity index (χ3v) is 4.46. The number of phenolic OH excluding ortho intramolecular Hbond substituents is 1. The first kappa shape index (κ1) is 17.6. The second kappa shape index (κ2) is 6.12. The lowest BCUT2D eigenvalue weighted by molar-refractivity contribution is -0.142. The molecule has 1 aliphatic rings. The van der Waals surface area contributed by atoms with Crippen molar-refractivity contribution in [3.05, 3.63) is 52.4 Å². The van der Waals surface area contributed by atoms with Gasteiger partial charge in [-0.05, 0) is 37.1 Å². The summed E-state index contributed by atoms with van der Waals surface area (Å²) in [4.78, 5) is 16.8. The zero-order valence-corrected chi connectivity index (χ0v) is 14.3. The van der Waals surface area contributed by atoms with Gasteiger partial charge in [-0.15, -0.1) is 0 Å². The smallest absolute Gasteiger partial charge is 0.433 e. The fourth-order valence-electron chi connectivity index (χ4n) is 2.73. The predicted octanol–water partition coefficient (Wildman–Crippen LogP) is 4.24. The SMILES string of the molecule is O=C(Nc1cc(Cl)ccc1O)c1cnn2c(C(F)(F)F)cc(C3CC3)nc12. The number of alkyl halides is 3. The van der Waals surface area contributed by atoms with E-state index in [1.165, 1.54) is 18.2 Å². The lowest BCUT2D eigenvalue weighted by Crippen LogP contribution is -2.16. The molecule has 1 fully saturated rings. The number of anilines is 1. The van der Waals surface area contributed by atoms with E-state index >= 15 is 0 Å². The molecule has 0 radical (unpaired) electrons. The number of nitrogens with one attached hydrogen (secondary N) is 1. The van der Waals surface area contributed by atoms with Gasteiger partial charge in [-0.3, -0.25) is 4.79 Å². The van der Waals surface area contributed by atoms with E-state index in [1.807, 2.05) is 0 Å². The summed E-state index contributed by atoms with van der Waals surface area (Å²) in [5.74, 6) is -1.03. The Morgan fingerprint density at radius 2 is 2.04 bits per heavy atom. The molecule has 3 aromatic rings. The van der Waals surface area contributed by atoms with Crippen molar-refractivity contribution in [2.75, 3.05) is 5.32 Å². The summed E-state index contributed by atoms with van der Waals surface area (Å²) in [7, 11) is 0. The number of amides is 1. The highest BCUT2D eigenvalue weighted by Crippen LogP contribution is 2.41. The Labute approximate surface area is 155 Å². The van der Waals surface area contributed by atoms with Gasteiger partial charge in [0, 0.05) is 16.6 Å². The molecule has 0 bridgehead atoms. The molecule has 1 aromatic carbocycles. The molecule has 6 nitrogen and oxygen atoms in total. The van der Waals surface area contributed by atoms with Crippen LogP contribution in [0.15, 0.2) is 30.5 Å². The zero-order chi connectivity index (χ0) is 19.3. The number of phenols is 1. The van der Waals surface area contributed by atoms with Crippen LogP contribution in [0.2, 0.25) is 5.02 Å². The van der Waals surface area contributed by atoms with Crippen molar-refractivity contribution in [3.8, 4) is 5.75 Å². The van der Waals surface area contributed by atoms with E-state index in [-0.39, 0.29) is 39.3 Å². The summed E-state index contributed by atoms with van der Waals surface area (Å²) in [6, 6.07) is 5.02. The van der Waals surface area contributed by atoms with Gasteiger partial charge >= 0.3 is 6.18 Å². The molecular formula is C17H12ClF3N4O2. The van der Waals surface area contributed by atoms with Gasteiger partial charge in [0.1, 0.15) is 17.0 Å². The Hall–Kier alpha value is -2.81. The van der Waals surface area contributed by atoms with E-state index in [0.29, 0.717) is 4.52 Å². The highest BCUT2D eigenvalue weighted by molar-refractivity contribution is 6.31. The van der Waals surface area contributed by atoms with E-state index in [1.54, 1.807) is 0 Å². The second-order valence-corrected chi connectivity index (χ2v) is 6.68. The first-order valence-corrected chi connectivity index (χ1v) is 8.37. The maximum Gasteiger partial charge on any atom is 0.433 e. The van der Waals surface area contributed by atoms with E-state index in [4.69, 9.17) is 11.6 Å². The number of rotatable bonds is 3. The van der Waals surface area contributed by atoms with Crippen molar-refractivity contribution in [1.82, 2.24) is 14.6 Å². The van der Waals surface area contributed by atoms with Gasteiger partial charge in [0.15, 0.2) is 5.65 Å². The fourth-order valence-corrected chi connectivity index (χ4v) is 2.90. The minimum atomic E-state index is -4.64. The van der Waals surface area contributed by atoms with Gasteiger partial charge in [-0.2, -0.15) is 18.3 Å². The minimum absolute atomic E-state index is 0.0289. The average Bonchev–Trinajstić information content (AvgIpc) is 3.35. The minimum Gasteiger partial charge on any atom is -0.506 e. The molecule has 2 heterocycles. The van der Waals surface area contributed by atoms with Crippen LogP contribution in [0.5, 0.6) is 5.75 Å². The molecule has 2 N–H and O–H groups in total. The summed E-state index contributed by atoms with van der Waals surface area (Å²) in [6.07, 6.45) is -2.11. The molecule has 0 atom stereocenters. The Kier molecular flexibility index (Phi) is 3.99. The van der Waals surface area contributed by atoms with Crippen LogP contribution in [0.4, 0.5) is 18.9 Å². The summed E-state index contributed by atoms with van der Waals surface area (Å²) >= 11 is 5.84. The number of carbonyl (C=O) groups is 1. The lowest BCUT2D eigenvalue weighted by Gasteiger charge is -2.11. The number of carbonyl (C=O) groups excluding carboxylic acids is 1. The van der Waals surface area contributed by atoms with E-state index < -0.39 is 17.8 Å². The zero-order valence-electron chi connectivity index (χ0n) is 13.6.